The number of imidazole rings is 1. The second-order valence-corrected chi connectivity index (χ2v) is 7.28. The summed E-state index contributed by atoms with van der Waals surface area (Å²) < 4.78 is 17.6. The first kappa shape index (κ1) is 20.7. The van der Waals surface area contributed by atoms with E-state index in [0.717, 1.165) is 0 Å². The summed E-state index contributed by atoms with van der Waals surface area (Å²) >= 11 is 0. The number of rotatable bonds is 5. The minimum Gasteiger partial charge on any atom is -0.465 e. The molecule has 0 spiro atoms. The number of ether oxygens (including phenoxy) is 3. The Kier molecular flexibility index (Phi) is 5.81. The van der Waals surface area contributed by atoms with Crippen LogP contribution in [0.1, 0.15) is 55.8 Å². The molecule has 0 aliphatic heterocycles. The lowest BCUT2D eigenvalue weighted by atomic mass is 9.98. The Hall–Kier alpha value is -3.04. The summed E-state index contributed by atoms with van der Waals surface area (Å²) in [5, 5.41) is 0. The van der Waals surface area contributed by atoms with E-state index in [1.165, 1.54) is 27.1 Å². The number of esters is 3. The largest absolute Gasteiger partial charge is 0.465 e. The maximum Gasteiger partial charge on any atom is 0.303 e. The summed E-state index contributed by atoms with van der Waals surface area (Å²) in [6, 6.07) is -0.543. The van der Waals surface area contributed by atoms with Gasteiger partial charge in [0, 0.05) is 33.1 Å². The van der Waals surface area contributed by atoms with Crippen LogP contribution in [-0.4, -0.2) is 57.8 Å². The Morgan fingerprint density at radius 1 is 1.03 bits per heavy atom. The first-order valence-corrected chi connectivity index (χ1v) is 9.25. The Bertz CT molecular complexity index is 874. The second kappa shape index (κ2) is 8.14. The highest BCUT2D eigenvalue weighted by atomic mass is 16.6. The molecule has 10 heteroatoms. The number of aromatic nitrogens is 2. The summed E-state index contributed by atoms with van der Waals surface area (Å²) in [6.07, 6.45) is -0.128. The van der Waals surface area contributed by atoms with Gasteiger partial charge in [-0.2, -0.15) is 0 Å². The standard InChI is InChI=1S/C19H22N2O8/c1-9(22)27-7-12-4-15(19(29-11(3)24)18(12)28-10(2)23)21-8-20-17-14(21)5-13(25)6-16(17)26/h8,12,15,18-19H,4-7H2,1-3H3. The molecule has 1 fully saturated rings. The fourth-order valence-corrected chi connectivity index (χ4v) is 4.01. The van der Waals surface area contributed by atoms with Gasteiger partial charge in [0.25, 0.3) is 0 Å². The molecular formula is C19H22N2O8. The van der Waals surface area contributed by atoms with E-state index in [4.69, 9.17) is 14.2 Å². The molecule has 0 aromatic carbocycles. The number of carbonyl (C=O) groups is 5. The molecule has 0 amide bonds. The van der Waals surface area contributed by atoms with Gasteiger partial charge in [0.1, 0.15) is 17.6 Å². The molecule has 1 heterocycles. The third kappa shape index (κ3) is 4.36. The van der Waals surface area contributed by atoms with E-state index in [9.17, 15) is 24.0 Å². The molecule has 2 aliphatic carbocycles. The van der Waals surface area contributed by atoms with Crippen molar-refractivity contribution in [1.82, 2.24) is 9.55 Å². The van der Waals surface area contributed by atoms with Crippen molar-refractivity contribution >= 4 is 29.5 Å². The summed E-state index contributed by atoms with van der Waals surface area (Å²) in [5.74, 6) is -2.66. The molecule has 3 rings (SSSR count). The van der Waals surface area contributed by atoms with Crippen molar-refractivity contribution in [3.8, 4) is 0 Å². The zero-order valence-corrected chi connectivity index (χ0v) is 16.4. The van der Waals surface area contributed by atoms with Crippen LogP contribution >= 0.6 is 0 Å². The fourth-order valence-electron chi connectivity index (χ4n) is 4.01. The van der Waals surface area contributed by atoms with Gasteiger partial charge < -0.3 is 18.8 Å². The van der Waals surface area contributed by atoms with Crippen molar-refractivity contribution in [2.24, 2.45) is 5.92 Å². The van der Waals surface area contributed by atoms with Crippen LogP contribution in [0.3, 0.4) is 0 Å². The molecule has 0 N–H and O–H groups in total. The average molecular weight is 406 g/mol. The van der Waals surface area contributed by atoms with Gasteiger partial charge in [-0.05, 0) is 6.42 Å². The zero-order valence-electron chi connectivity index (χ0n) is 16.4. The van der Waals surface area contributed by atoms with Crippen molar-refractivity contribution in [2.45, 2.75) is 58.3 Å². The van der Waals surface area contributed by atoms with Crippen LogP contribution in [0, 0.1) is 5.92 Å². The molecule has 0 radical (unpaired) electrons. The molecule has 0 saturated heterocycles. The lowest BCUT2D eigenvalue weighted by Crippen LogP contribution is -2.38. The number of carbonyl (C=O) groups excluding carboxylic acids is 5. The van der Waals surface area contributed by atoms with Gasteiger partial charge in [0.15, 0.2) is 11.9 Å². The molecular weight excluding hydrogens is 384 g/mol. The number of Topliss-reactive ketones (excluding diaryl/α,β-unsaturated/α-hetero) is 2. The SMILES string of the molecule is CC(=O)OCC1CC(n2cnc3c2CC(=O)CC3=O)C(OC(C)=O)C1OC(C)=O. The Morgan fingerprint density at radius 3 is 2.31 bits per heavy atom. The molecule has 4 unspecified atom stereocenters. The van der Waals surface area contributed by atoms with Crippen molar-refractivity contribution in [3.63, 3.8) is 0 Å². The van der Waals surface area contributed by atoms with E-state index in [2.05, 4.69) is 4.98 Å². The molecule has 29 heavy (non-hydrogen) atoms. The van der Waals surface area contributed by atoms with Crippen molar-refractivity contribution in [2.75, 3.05) is 6.61 Å². The molecule has 10 nitrogen and oxygen atoms in total. The predicted molar refractivity (Wildman–Crippen MR) is 94.8 cm³/mol. The monoisotopic (exact) mass is 406 g/mol. The maximum atomic E-state index is 12.1. The Labute approximate surface area is 166 Å². The molecule has 0 bridgehead atoms. The van der Waals surface area contributed by atoms with Gasteiger partial charge in [0.2, 0.25) is 0 Å². The second-order valence-electron chi connectivity index (χ2n) is 7.28. The topological polar surface area (TPSA) is 131 Å². The average Bonchev–Trinajstić information content (AvgIpc) is 3.15. The van der Waals surface area contributed by atoms with E-state index in [1.807, 2.05) is 0 Å². The maximum absolute atomic E-state index is 12.1. The van der Waals surface area contributed by atoms with Crippen LogP contribution in [0.4, 0.5) is 0 Å². The predicted octanol–water partition coefficient (Wildman–Crippen LogP) is 0.569. The van der Waals surface area contributed by atoms with Gasteiger partial charge in [0.05, 0.1) is 31.1 Å². The number of ketones is 2. The molecule has 4 atom stereocenters. The van der Waals surface area contributed by atoms with E-state index >= 15 is 0 Å². The Morgan fingerprint density at radius 2 is 1.69 bits per heavy atom. The molecule has 1 aromatic rings. The van der Waals surface area contributed by atoms with E-state index in [-0.39, 0.29) is 36.7 Å². The molecule has 1 saturated carbocycles. The normalized spacial score (nSPS) is 26.0. The Balaban J connectivity index is 1.98. The van der Waals surface area contributed by atoms with Crippen molar-refractivity contribution < 1.29 is 38.2 Å². The van der Waals surface area contributed by atoms with E-state index in [1.54, 1.807) is 4.57 Å². The number of hydrogen-bond donors (Lipinski definition) is 0. The van der Waals surface area contributed by atoms with E-state index < -0.39 is 42.1 Å². The minimum absolute atomic E-state index is 0.0315. The van der Waals surface area contributed by atoms with Crippen LogP contribution in [0.2, 0.25) is 0 Å². The quantitative estimate of drug-likeness (QED) is 0.391. The van der Waals surface area contributed by atoms with Gasteiger partial charge in [-0.1, -0.05) is 0 Å². The summed E-state index contributed by atoms with van der Waals surface area (Å²) in [5.41, 5.74) is 0.668. The molecule has 1 aromatic heterocycles. The summed E-state index contributed by atoms with van der Waals surface area (Å²) in [7, 11) is 0. The van der Waals surface area contributed by atoms with Gasteiger partial charge >= 0.3 is 17.9 Å². The highest BCUT2D eigenvalue weighted by Crippen LogP contribution is 2.41. The van der Waals surface area contributed by atoms with Crippen LogP contribution in [0.15, 0.2) is 6.33 Å². The molecule has 156 valence electrons. The number of fused-ring (bicyclic) bond motifs is 1. The zero-order chi connectivity index (χ0) is 21.3. The van der Waals surface area contributed by atoms with Gasteiger partial charge in [-0.3, -0.25) is 24.0 Å². The highest BCUT2D eigenvalue weighted by Gasteiger charge is 2.50. The number of hydrogen-bond acceptors (Lipinski definition) is 9. The van der Waals surface area contributed by atoms with Gasteiger partial charge in [-0.25, -0.2) is 4.98 Å². The van der Waals surface area contributed by atoms with Crippen LogP contribution in [-0.2, 0) is 39.8 Å². The van der Waals surface area contributed by atoms with Gasteiger partial charge in [-0.15, -0.1) is 0 Å². The van der Waals surface area contributed by atoms with Crippen molar-refractivity contribution in [3.05, 3.63) is 17.7 Å². The van der Waals surface area contributed by atoms with Crippen LogP contribution in [0.25, 0.3) is 0 Å². The van der Waals surface area contributed by atoms with Crippen LogP contribution in [0.5, 0.6) is 0 Å². The summed E-state index contributed by atoms with van der Waals surface area (Å²) in [6.45, 7) is 3.70. The third-order valence-corrected chi connectivity index (χ3v) is 5.06. The highest BCUT2D eigenvalue weighted by molar-refractivity contribution is 6.11. The minimum atomic E-state index is -0.887. The first-order valence-electron chi connectivity index (χ1n) is 9.25. The van der Waals surface area contributed by atoms with Crippen LogP contribution < -0.4 is 0 Å². The number of nitrogens with zero attached hydrogens (tertiary/aromatic N) is 2. The van der Waals surface area contributed by atoms with Crippen molar-refractivity contribution in [1.29, 1.82) is 0 Å². The fraction of sp³-hybridized carbons (Fsp3) is 0.579. The lowest BCUT2D eigenvalue weighted by Gasteiger charge is -2.27. The third-order valence-electron chi connectivity index (χ3n) is 5.06. The lowest BCUT2D eigenvalue weighted by molar-refractivity contribution is -0.168. The molecule has 2 aliphatic rings. The smallest absolute Gasteiger partial charge is 0.303 e. The summed E-state index contributed by atoms with van der Waals surface area (Å²) in [4.78, 5) is 62.8. The van der Waals surface area contributed by atoms with E-state index in [0.29, 0.717) is 12.1 Å². The first-order chi connectivity index (χ1) is 13.7.